The van der Waals surface area contributed by atoms with Crippen molar-refractivity contribution in [3.63, 3.8) is 0 Å². The van der Waals surface area contributed by atoms with Crippen molar-refractivity contribution < 1.29 is 9.32 Å². The smallest absolute Gasteiger partial charge is 0.287 e. The van der Waals surface area contributed by atoms with E-state index in [1.807, 2.05) is 5.43 Å². The van der Waals surface area contributed by atoms with E-state index in [0.29, 0.717) is 21.6 Å². The van der Waals surface area contributed by atoms with Gasteiger partial charge in [0.15, 0.2) is 5.69 Å². The number of rotatable bonds is 4. The molecule has 0 bridgehead atoms. The van der Waals surface area contributed by atoms with Crippen LogP contribution in [0.25, 0.3) is 0 Å². The molecule has 0 fully saturated rings. The normalized spacial score (nSPS) is 10.5. The number of carbonyl (C=O) groups is 1. The number of aromatic nitrogens is 1. The third-order valence-corrected chi connectivity index (χ3v) is 4.21. The first-order valence-electron chi connectivity index (χ1n) is 5.15. The maximum atomic E-state index is 11.2. The van der Waals surface area contributed by atoms with Gasteiger partial charge in [-0.15, -0.1) is 11.8 Å². The van der Waals surface area contributed by atoms with Crippen LogP contribution in [0.1, 0.15) is 16.2 Å². The second kappa shape index (κ2) is 6.29. The molecule has 2 aromatic rings. The van der Waals surface area contributed by atoms with Crippen LogP contribution in [0.2, 0.25) is 10.0 Å². The highest BCUT2D eigenvalue weighted by Gasteiger charge is 2.13. The predicted molar refractivity (Wildman–Crippen MR) is 74.2 cm³/mol. The summed E-state index contributed by atoms with van der Waals surface area (Å²) in [5.74, 6) is 5.47. The molecule has 0 unspecified atom stereocenters. The molecule has 5 nitrogen and oxygen atoms in total. The van der Waals surface area contributed by atoms with Crippen molar-refractivity contribution in [2.75, 3.05) is 0 Å². The number of thioether (sulfide) groups is 1. The molecule has 0 atom stereocenters. The summed E-state index contributed by atoms with van der Waals surface area (Å²) in [4.78, 5) is 12.0. The molecule has 3 N–H and O–H groups in total. The molecular formula is C11H9Cl2N3O2S. The number of hydrazine groups is 1. The average Bonchev–Trinajstić information content (AvgIpc) is 2.86. The topological polar surface area (TPSA) is 81.1 Å². The van der Waals surface area contributed by atoms with Crippen LogP contribution < -0.4 is 11.3 Å². The van der Waals surface area contributed by atoms with E-state index >= 15 is 0 Å². The number of halogens is 2. The summed E-state index contributed by atoms with van der Waals surface area (Å²) >= 11 is 13.5. The van der Waals surface area contributed by atoms with Gasteiger partial charge in [-0.3, -0.25) is 10.2 Å². The van der Waals surface area contributed by atoms with E-state index in [1.54, 1.807) is 18.2 Å². The fourth-order valence-electron chi connectivity index (χ4n) is 1.33. The zero-order valence-corrected chi connectivity index (χ0v) is 11.9. The molecule has 1 aromatic heterocycles. The maximum Gasteiger partial charge on any atom is 0.287 e. The van der Waals surface area contributed by atoms with E-state index in [4.69, 9.17) is 33.6 Å². The molecular weight excluding hydrogens is 309 g/mol. The molecule has 8 heteroatoms. The Hall–Kier alpha value is -1.21. The Morgan fingerprint density at radius 1 is 1.42 bits per heavy atom. The molecule has 0 aliphatic rings. The zero-order valence-electron chi connectivity index (χ0n) is 9.52. The first-order chi connectivity index (χ1) is 9.11. The maximum absolute atomic E-state index is 11.2. The second-order valence-corrected chi connectivity index (χ2v) is 5.29. The van der Waals surface area contributed by atoms with E-state index in [9.17, 15) is 4.79 Å². The molecule has 1 amide bonds. The van der Waals surface area contributed by atoms with Crippen LogP contribution in [0.5, 0.6) is 0 Å². The van der Waals surface area contributed by atoms with Gasteiger partial charge in [-0.1, -0.05) is 34.4 Å². The molecule has 0 radical (unpaired) electrons. The van der Waals surface area contributed by atoms with Crippen molar-refractivity contribution in [3.8, 4) is 0 Å². The quantitative estimate of drug-likeness (QED) is 0.392. The van der Waals surface area contributed by atoms with Crippen LogP contribution in [0.4, 0.5) is 0 Å². The van der Waals surface area contributed by atoms with Crippen LogP contribution in [-0.2, 0) is 5.75 Å². The van der Waals surface area contributed by atoms with Gasteiger partial charge in [0.25, 0.3) is 5.91 Å². The molecule has 1 heterocycles. The van der Waals surface area contributed by atoms with E-state index in [1.165, 1.54) is 17.8 Å². The molecule has 1 aromatic carbocycles. The van der Waals surface area contributed by atoms with Crippen LogP contribution in [0, 0.1) is 0 Å². The Morgan fingerprint density at radius 3 is 2.74 bits per heavy atom. The number of benzene rings is 1. The number of hydrogen-bond donors (Lipinski definition) is 2. The van der Waals surface area contributed by atoms with Gasteiger partial charge in [0, 0.05) is 11.0 Å². The number of hydrogen-bond acceptors (Lipinski definition) is 5. The van der Waals surface area contributed by atoms with Crippen LogP contribution in [0.3, 0.4) is 0 Å². The molecule has 19 heavy (non-hydrogen) atoms. The van der Waals surface area contributed by atoms with Gasteiger partial charge in [0.2, 0.25) is 0 Å². The SMILES string of the molecule is NNC(=O)c1cc(CSc2c(Cl)cccc2Cl)on1. The van der Waals surface area contributed by atoms with Gasteiger partial charge in [0.05, 0.1) is 15.8 Å². The fraction of sp³-hybridized carbons (Fsp3) is 0.0909. The van der Waals surface area contributed by atoms with Crippen molar-refractivity contribution in [2.45, 2.75) is 10.6 Å². The lowest BCUT2D eigenvalue weighted by molar-refractivity contribution is 0.0944. The van der Waals surface area contributed by atoms with Crippen LogP contribution in [-0.4, -0.2) is 11.1 Å². The van der Waals surface area contributed by atoms with E-state index in [0.717, 1.165) is 4.90 Å². The Labute approximate surface area is 123 Å². The first-order valence-corrected chi connectivity index (χ1v) is 6.89. The first kappa shape index (κ1) is 14.2. The van der Waals surface area contributed by atoms with Crippen LogP contribution in [0.15, 0.2) is 33.7 Å². The second-order valence-electron chi connectivity index (χ2n) is 3.49. The average molecular weight is 318 g/mol. The van der Waals surface area contributed by atoms with Crippen molar-refractivity contribution in [3.05, 3.63) is 45.8 Å². The molecule has 0 saturated heterocycles. The highest BCUT2D eigenvalue weighted by molar-refractivity contribution is 7.98. The van der Waals surface area contributed by atoms with Gasteiger partial charge in [-0.05, 0) is 12.1 Å². The highest BCUT2D eigenvalue weighted by atomic mass is 35.5. The molecule has 0 aliphatic carbocycles. The van der Waals surface area contributed by atoms with Crippen molar-refractivity contribution in [2.24, 2.45) is 5.84 Å². The lowest BCUT2D eigenvalue weighted by Crippen LogP contribution is -2.30. The summed E-state index contributed by atoms with van der Waals surface area (Å²) in [7, 11) is 0. The summed E-state index contributed by atoms with van der Waals surface area (Å²) in [5.41, 5.74) is 2.10. The largest absolute Gasteiger partial charge is 0.360 e. The fourth-order valence-corrected chi connectivity index (χ4v) is 2.88. The molecule has 0 spiro atoms. The van der Waals surface area contributed by atoms with Gasteiger partial charge < -0.3 is 4.52 Å². The highest BCUT2D eigenvalue weighted by Crippen LogP contribution is 2.35. The minimum Gasteiger partial charge on any atom is -0.360 e. The Balaban J connectivity index is 2.07. The van der Waals surface area contributed by atoms with Gasteiger partial charge in [-0.25, -0.2) is 5.84 Å². The zero-order chi connectivity index (χ0) is 13.8. The molecule has 2 rings (SSSR count). The Kier molecular flexibility index (Phi) is 4.71. The molecule has 0 saturated carbocycles. The minimum absolute atomic E-state index is 0.128. The Morgan fingerprint density at radius 2 is 2.11 bits per heavy atom. The third kappa shape index (κ3) is 3.42. The number of amides is 1. The van der Waals surface area contributed by atoms with E-state index in [-0.39, 0.29) is 5.69 Å². The monoisotopic (exact) mass is 317 g/mol. The molecule has 0 aliphatic heterocycles. The number of nitrogens with two attached hydrogens (primary N) is 1. The summed E-state index contributed by atoms with van der Waals surface area (Å²) < 4.78 is 5.02. The van der Waals surface area contributed by atoms with Crippen molar-refractivity contribution in [1.82, 2.24) is 10.6 Å². The number of nitrogens with one attached hydrogen (secondary N) is 1. The standard InChI is InChI=1S/C11H9Cl2N3O2S/c12-7-2-1-3-8(13)10(7)19-5-6-4-9(16-18-6)11(17)15-14/h1-4H,5,14H2,(H,15,17). The molecule has 100 valence electrons. The predicted octanol–water partition coefficient (Wildman–Crippen LogP) is 2.88. The van der Waals surface area contributed by atoms with Crippen LogP contribution >= 0.6 is 35.0 Å². The van der Waals surface area contributed by atoms with Gasteiger partial charge in [-0.2, -0.15) is 0 Å². The van der Waals surface area contributed by atoms with Gasteiger partial charge >= 0.3 is 0 Å². The summed E-state index contributed by atoms with van der Waals surface area (Å²) in [6, 6.07) is 6.79. The summed E-state index contributed by atoms with van der Waals surface area (Å²) in [6.07, 6.45) is 0. The van der Waals surface area contributed by atoms with Gasteiger partial charge in [0.1, 0.15) is 5.76 Å². The number of nitrogen functional groups attached to an aromatic ring is 1. The summed E-state index contributed by atoms with van der Waals surface area (Å²) in [6.45, 7) is 0. The lowest BCUT2D eigenvalue weighted by Gasteiger charge is -2.04. The summed E-state index contributed by atoms with van der Waals surface area (Å²) in [5, 5.41) is 4.73. The minimum atomic E-state index is -0.504. The van der Waals surface area contributed by atoms with Crippen molar-refractivity contribution >= 4 is 40.9 Å². The third-order valence-electron chi connectivity index (χ3n) is 2.20. The Bertz CT molecular complexity index is 583. The van der Waals surface area contributed by atoms with E-state index in [2.05, 4.69) is 5.16 Å². The lowest BCUT2D eigenvalue weighted by atomic mass is 10.4. The number of carbonyl (C=O) groups excluding carboxylic acids is 1. The van der Waals surface area contributed by atoms with Crippen molar-refractivity contribution in [1.29, 1.82) is 0 Å². The van der Waals surface area contributed by atoms with E-state index < -0.39 is 5.91 Å². The number of nitrogens with zero attached hydrogens (tertiary/aromatic N) is 1.